The number of likely N-dealkylation sites (tertiary alicyclic amines) is 1. The highest BCUT2D eigenvalue weighted by atomic mass is 16.4. The van der Waals surface area contributed by atoms with Crippen molar-refractivity contribution < 1.29 is 19.5 Å². The first-order chi connectivity index (χ1) is 9.04. The van der Waals surface area contributed by atoms with Crippen LogP contribution in [0.15, 0.2) is 0 Å². The molecule has 0 bridgehead atoms. The van der Waals surface area contributed by atoms with Gasteiger partial charge in [-0.2, -0.15) is 0 Å². The van der Waals surface area contributed by atoms with E-state index in [2.05, 4.69) is 5.32 Å². The molecule has 2 amide bonds. The van der Waals surface area contributed by atoms with Crippen LogP contribution in [0.25, 0.3) is 0 Å². The summed E-state index contributed by atoms with van der Waals surface area (Å²) in [6.45, 7) is 0.124. The van der Waals surface area contributed by atoms with Crippen LogP contribution in [0.3, 0.4) is 0 Å². The van der Waals surface area contributed by atoms with Gasteiger partial charge >= 0.3 is 5.97 Å². The van der Waals surface area contributed by atoms with E-state index in [0.29, 0.717) is 6.54 Å². The fraction of sp³-hybridized carbons (Fsp3) is 0.750. The second-order valence-electron chi connectivity index (χ2n) is 5.16. The van der Waals surface area contributed by atoms with Gasteiger partial charge in [0.25, 0.3) is 0 Å². The second-order valence-corrected chi connectivity index (χ2v) is 5.16. The summed E-state index contributed by atoms with van der Waals surface area (Å²) in [5.41, 5.74) is 5.13. The lowest BCUT2D eigenvalue weighted by molar-refractivity contribution is -0.149. The van der Waals surface area contributed by atoms with Crippen molar-refractivity contribution in [2.75, 3.05) is 19.6 Å². The van der Waals surface area contributed by atoms with Crippen LogP contribution in [-0.4, -0.2) is 53.5 Å². The van der Waals surface area contributed by atoms with Crippen LogP contribution in [0.1, 0.15) is 19.3 Å². The molecule has 2 aliphatic rings. The smallest absolute Gasteiger partial charge is 0.326 e. The number of nitrogens with two attached hydrogens (primary N) is 1. The van der Waals surface area contributed by atoms with Crippen molar-refractivity contribution in [2.45, 2.75) is 25.3 Å². The third-order valence-corrected chi connectivity index (χ3v) is 4.09. The quantitative estimate of drug-likeness (QED) is 0.591. The number of fused-ring (bicyclic) bond motifs is 1. The maximum atomic E-state index is 12.0. The Labute approximate surface area is 111 Å². The zero-order valence-corrected chi connectivity index (χ0v) is 10.7. The predicted molar refractivity (Wildman–Crippen MR) is 66.0 cm³/mol. The molecule has 1 saturated carbocycles. The van der Waals surface area contributed by atoms with Crippen molar-refractivity contribution in [3.05, 3.63) is 0 Å². The number of carbonyl (C=O) groups is 3. The molecule has 106 valence electrons. The maximum absolute atomic E-state index is 12.0. The van der Waals surface area contributed by atoms with Crippen LogP contribution in [0.5, 0.6) is 0 Å². The first kappa shape index (κ1) is 13.8. The summed E-state index contributed by atoms with van der Waals surface area (Å²) in [5.74, 6) is -1.36. The average Bonchev–Trinajstić information content (AvgIpc) is 2.94. The van der Waals surface area contributed by atoms with Crippen LogP contribution in [0, 0.1) is 11.8 Å². The van der Waals surface area contributed by atoms with Crippen LogP contribution < -0.4 is 11.1 Å². The molecule has 1 aliphatic carbocycles. The van der Waals surface area contributed by atoms with Crippen molar-refractivity contribution in [1.29, 1.82) is 0 Å². The van der Waals surface area contributed by atoms with Crippen molar-refractivity contribution in [1.82, 2.24) is 10.2 Å². The minimum Gasteiger partial charge on any atom is -0.480 e. The van der Waals surface area contributed by atoms with Gasteiger partial charge in [0.05, 0.1) is 13.1 Å². The van der Waals surface area contributed by atoms with Gasteiger partial charge in [-0.3, -0.25) is 9.59 Å². The van der Waals surface area contributed by atoms with E-state index in [1.165, 1.54) is 4.90 Å². The van der Waals surface area contributed by atoms with E-state index in [4.69, 9.17) is 5.73 Å². The zero-order valence-electron chi connectivity index (χ0n) is 10.7. The number of hydrogen-bond acceptors (Lipinski definition) is 4. The lowest BCUT2D eigenvalue weighted by atomic mass is 9.94. The second kappa shape index (κ2) is 5.56. The van der Waals surface area contributed by atoms with Gasteiger partial charge in [0.15, 0.2) is 0 Å². The molecule has 0 spiro atoms. The summed E-state index contributed by atoms with van der Waals surface area (Å²) in [7, 11) is 0. The summed E-state index contributed by atoms with van der Waals surface area (Å²) >= 11 is 0. The Hall–Kier alpha value is -1.63. The third-order valence-electron chi connectivity index (χ3n) is 4.09. The Morgan fingerprint density at radius 3 is 2.68 bits per heavy atom. The number of hydrogen-bond donors (Lipinski definition) is 3. The Balaban J connectivity index is 2.00. The Bertz CT molecular complexity index is 398. The van der Waals surface area contributed by atoms with E-state index in [-0.39, 0.29) is 30.8 Å². The highest BCUT2D eigenvalue weighted by molar-refractivity contribution is 5.89. The molecule has 0 radical (unpaired) electrons. The standard InChI is InChI=1S/C12H19N3O4/c13-4-9(16)14-5-10(17)15-6-7-2-1-3-8(7)11(15)12(18)19/h7-8,11H,1-6,13H2,(H,14,16)(H,18,19). The van der Waals surface area contributed by atoms with Gasteiger partial charge < -0.3 is 21.1 Å². The highest BCUT2D eigenvalue weighted by Gasteiger charge is 2.49. The van der Waals surface area contributed by atoms with E-state index in [0.717, 1.165) is 19.3 Å². The number of carboxylic acids is 1. The number of rotatable bonds is 4. The number of aliphatic carboxylic acids is 1. The van der Waals surface area contributed by atoms with E-state index in [1.54, 1.807) is 0 Å². The molecule has 1 heterocycles. The van der Waals surface area contributed by atoms with Crippen molar-refractivity contribution in [3.63, 3.8) is 0 Å². The molecule has 1 aliphatic heterocycles. The molecule has 1 saturated heterocycles. The van der Waals surface area contributed by atoms with E-state index in [1.807, 2.05) is 0 Å². The third kappa shape index (κ3) is 2.70. The van der Waals surface area contributed by atoms with Gasteiger partial charge in [-0.05, 0) is 24.7 Å². The molecular formula is C12H19N3O4. The predicted octanol–water partition coefficient (Wildman–Crippen LogP) is -1.23. The molecule has 4 N–H and O–H groups in total. The van der Waals surface area contributed by atoms with Gasteiger partial charge in [0, 0.05) is 6.54 Å². The van der Waals surface area contributed by atoms with Crippen molar-refractivity contribution in [3.8, 4) is 0 Å². The maximum Gasteiger partial charge on any atom is 0.326 e. The zero-order chi connectivity index (χ0) is 14.0. The molecule has 2 fully saturated rings. The summed E-state index contributed by atoms with van der Waals surface area (Å²) in [4.78, 5) is 35.8. The molecule has 3 unspecified atom stereocenters. The normalized spacial score (nSPS) is 29.1. The Morgan fingerprint density at radius 1 is 1.32 bits per heavy atom. The largest absolute Gasteiger partial charge is 0.480 e. The summed E-state index contributed by atoms with van der Waals surface area (Å²) < 4.78 is 0. The monoisotopic (exact) mass is 269 g/mol. The molecule has 2 rings (SSSR count). The number of carbonyl (C=O) groups excluding carboxylic acids is 2. The van der Waals surface area contributed by atoms with Gasteiger partial charge in [-0.1, -0.05) is 6.42 Å². The van der Waals surface area contributed by atoms with Crippen LogP contribution in [-0.2, 0) is 14.4 Å². The molecule has 7 heteroatoms. The Kier molecular flexibility index (Phi) is 4.04. The van der Waals surface area contributed by atoms with Crippen LogP contribution >= 0.6 is 0 Å². The summed E-state index contributed by atoms with van der Waals surface area (Å²) in [5, 5.41) is 11.7. The molecule has 0 aromatic heterocycles. The first-order valence-electron chi connectivity index (χ1n) is 6.53. The van der Waals surface area contributed by atoms with Crippen LogP contribution in [0.4, 0.5) is 0 Å². The van der Waals surface area contributed by atoms with E-state index < -0.39 is 17.9 Å². The SMILES string of the molecule is NCC(=O)NCC(=O)N1CC2CCCC2C1C(=O)O. The van der Waals surface area contributed by atoms with E-state index >= 15 is 0 Å². The first-order valence-corrected chi connectivity index (χ1v) is 6.53. The highest BCUT2D eigenvalue weighted by Crippen LogP contribution is 2.42. The van der Waals surface area contributed by atoms with Gasteiger partial charge in [-0.25, -0.2) is 4.79 Å². The van der Waals surface area contributed by atoms with Gasteiger partial charge in [0.1, 0.15) is 6.04 Å². The minimum absolute atomic E-state index is 0.0617. The number of amides is 2. The van der Waals surface area contributed by atoms with E-state index in [9.17, 15) is 19.5 Å². The molecule has 19 heavy (non-hydrogen) atoms. The van der Waals surface area contributed by atoms with Crippen LogP contribution in [0.2, 0.25) is 0 Å². The fourth-order valence-electron chi connectivity index (χ4n) is 3.23. The fourth-order valence-corrected chi connectivity index (χ4v) is 3.23. The number of carboxylic acid groups (broad SMARTS) is 1. The lowest BCUT2D eigenvalue weighted by Gasteiger charge is -2.24. The topological polar surface area (TPSA) is 113 Å². The number of nitrogens with zero attached hydrogens (tertiary/aromatic N) is 1. The minimum atomic E-state index is -0.951. The van der Waals surface area contributed by atoms with Gasteiger partial charge in [0.2, 0.25) is 11.8 Å². The number of nitrogens with one attached hydrogen (secondary N) is 1. The molecule has 0 aromatic carbocycles. The summed E-state index contributed by atoms with van der Waals surface area (Å²) in [6.07, 6.45) is 2.87. The molecule has 0 aromatic rings. The van der Waals surface area contributed by atoms with Gasteiger partial charge in [-0.15, -0.1) is 0 Å². The molecule has 3 atom stereocenters. The van der Waals surface area contributed by atoms with Crippen molar-refractivity contribution >= 4 is 17.8 Å². The average molecular weight is 269 g/mol. The lowest BCUT2D eigenvalue weighted by Crippen LogP contribution is -2.48. The summed E-state index contributed by atoms with van der Waals surface area (Å²) in [6, 6.07) is -0.741. The molecular weight excluding hydrogens is 250 g/mol. The Morgan fingerprint density at radius 2 is 2.05 bits per heavy atom. The van der Waals surface area contributed by atoms with Crippen molar-refractivity contribution in [2.24, 2.45) is 17.6 Å². The molecule has 7 nitrogen and oxygen atoms in total.